The summed E-state index contributed by atoms with van der Waals surface area (Å²) in [6.07, 6.45) is 12.4. The monoisotopic (exact) mass is 148 g/mol. The van der Waals surface area contributed by atoms with Crippen LogP contribution in [0.1, 0.15) is 13.3 Å². The van der Waals surface area contributed by atoms with E-state index in [1.165, 1.54) is 0 Å². The minimum atomic E-state index is 0.511. The third-order valence-corrected chi connectivity index (χ3v) is 1.40. The molecule has 11 heavy (non-hydrogen) atoms. The lowest BCUT2D eigenvalue weighted by Gasteiger charge is -2.11. The fourth-order valence-electron chi connectivity index (χ4n) is 0.890. The van der Waals surface area contributed by atoms with E-state index in [0.29, 0.717) is 5.84 Å². The Balaban J connectivity index is 2.76. The lowest BCUT2D eigenvalue weighted by molar-refractivity contribution is 0.755. The topological polar surface area (TPSA) is 27.1 Å². The number of nitrogens with zero attached hydrogens (tertiary/aromatic N) is 1. The van der Waals surface area contributed by atoms with E-state index in [4.69, 9.17) is 5.41 Å². The van der Waals surface area contributed by atoms with E-state index in [0.717, 1.165) is 6.42 Å². The molecule has 1 heterocycles. The first kappa shape index (κ1) is 7.79. The maximum atomic E-state index is 7.53. The lowest BCUT2D eigenvalue weighted by Crippen LogP contribution is -2.15. The molecule has 0 bridgehead atoms. The molecule has 1 rings (SSSR count). The number of hydrogen-bond acceptors (Lipinski definition) is 1. The van der Waals surface area contributed by atoms with Crippen LogP contribution >= 0.6 is 0 Å². The molecular formula is C9H12N2. The van der Waals surface area contributed by atoms with Crippen LogP contribution in [0, 0.1) is 5.41 Å². The summed E-state index contributed by atoms with van der Waals surface area (Å²) in [7, 11) is 0. The van der Waals surface area contributed by atoms with Gasteiger partial charge in [0.25, 0.3) is 0 Å². The van der Waals surface area contributed by atoms with Gasteiger partial charge in [-0.3, -0.25) is 5.41 Å². The van der Waals surface area contributed by atoms with Crippen molar-refractivity contribution < 1.29 is 0 Å². The van der Waals surface area contributed by atoms with Crippen LogP contribution in [-0.2, 0) is 0 Å². The molecule has 0 spiro atoms. The van der Waals surface area contributed by atoms with Crippen molar-refractivity contribution in [1.82, 2.24) is 4.90 Å². The van der Waals surface area contributed by atoms with Gasteiger partial charge in [0.15, 0.2) is 0 Å². The predicted octanol–water partition coefficient (Wildman–Crippen LogP) is 2.27. The van der Waals surface area contributed by atoms with E-state index in [2.05, 4.69) is 0 Å². The van der Waals surface area contributed by atoms with Crippen LogP contribution in [0.4, 0.5) is 0 Å². The maximum Gasteiger partial charge on any atom is 0.128 e. The summed E-state index contributed by atoms with van der Waals surface area (Å²) in [6, 6.07) is 0. The standard InChI is InChI=1S/C9H12N2/c1-2-7-11-8-5-3-4-6-9(11)10/h2,4-8,10H,3H2,1H3/b7-2-,10-9?. The molecule has 0 aromatic carbocycles. The van der Waals surface area contributed by atoms with Crippen molar-refractivity contribution in [3.8, 4) is 0 Å². The number of hydrogen-bond donors (Lipinski definition) is 1. The largest absolute Gasteiger partial charge is 0.310 e. The van der Waals surface area contributed by atoms with Gasteiger partial charge in [-0.1, -0.05) is 18.2 Å². The summed E-state index contributed by atoms with van der Waals surface area (Å²) in [5.74, 6) is 0.511. The quantitative estimate of drug-likeness (QED) is 0.606. The van der Waals surface area contributed by atoms with Crippen LogP contribution in [0.15, 0.2) is 36.7 Å². The molecule has 2 heteroatoms. The molecule has 1 aliphatic heterocycles. The van der Waals surface area contributed by atoms with E-state index in [9.17, 15) is 0 Å². The first-order chi connectivity index (χ1) is 5.34. The molecule has 2 nitrogen and oxygen atoms in total. The fourth-order valence-corrected chi connectivity index (χ4v) is 0.890. The van der Waals surface area contributed by atoms with Crippen molar-refractivity contribution in [2.45, 2.75) is 13.3 Å². The van der Waals surface area contributed by atoms with Gasteiger partial charge < -0.3 is 4.90 Å². The van der Waals surface area contributed by atoms with Gasteiger partial charge >= 0.3 is 0 Å². The normalized spacial score (nSPS) is 17.9. The molecular weight excluding hydrogens is 136 g/mol. The molecule has 0 amide bonds. The van der Waals surface area contributed by atoms with Gasteiger partial charge in [0.1, 0.15) is 5.84 Å². The van der Waals surface area contributed by atoms with Crippen LogP contribution in [0.25, 0.3) is 0 Å². The number of nitrogens with one attached hydrogen (secondary N) is 1. The minimum Gasteiger partial charge on any atom is -0.310 e. The number of allylic oxidation sites excluding steroid dienone is 3. The van der Waals surface area contributed by atoms with Crippen molar-refractivity contribution in [3.63, 3.8) is 0 Å². The van der Waals surface area contributed by atoms with Gasteiger partial charge in [-0.05, 0) is 19.4 Å². The highest BCUT2D eigenvalue weighted by molar-refractivity contribution is 5.92. The summed E-state index contributed by atoms with van der Waals surface area (Å²) in [6.45, 7) is 1.94. The Morgan fingerprint density at radius 2 is 2.36 bits per heavy atom. The van der Waals surface area contributed by atoms with Crippen LogP contribution in [-0.4, -0.2) is 10.7 Å². The number of rotatable bonds is 1. The molecule has 0 aromatic heterocycles. The Morgan fingerprint density at radius 1 is 1.55 bits per heavy atom. The number of amidine groups is 1. The van der Waals surface area contributed by atoms with E-state index >= 15 is 0 Å². The van der Waals surface area contributed by atoms with Gasteiger partial charge in [0.2, 0.25) is 0 Å². The Hall–Kier alpha value is -1.31. The SMILES string of the molecule is C/C=C\N1C=CCC=CC1=N. The molecule has 0 radical (unpaired) electrons. The van der Waals surface area contributed by atoms with Crippen LogP contribution in [0.2, 0.25) is 0 Å². The fraction of sp³-hybridized carbons (Fsp3) is 0.222. The Bertz CT molecular complexity index is 224. The van der Waals surface area contributed by atoms with Gasteiger partial charge in [0.05, 0.1) is 0 Å². The van der Waals surface area contributed by atoms with Crippen LogP contribution in [0.3, 0.4) is 0 Å². The zero-order valence-corrected chi connectivity index (χ0v) is 6.62. The molecule has 1 aliphatic rings. The summed E-state index contributed by atoms with van der Waals surface area (Å²) >= 11 is 0. The molecule has 0 fully saturated rings. The van der Waals surface area contributed by atoms with Crippen molar-refractivity contribution in [2.75, 3.05) is 0 Å². The van der Waals surface area contributed by atoms with Crippen molar-refractivity contribution >= 4 is 5.84 Å². The van der Waals surface area contributed by atoms with Crippen LogP contribution < -0.4 is 0 Å². The second-order valence-corrected chi connectivity index (χ2v) is 2.30. The molecule has 0 saturated heterocycles. The highest BCUT2D eigenvalue weighted by atomic mass is 15.1. The summed E-state index contributed by atoms with van der Waals surface area (Å²) in [5.41, 5.74) is 0. The smallest absolute Gasteiger partial charge is 0.128 e. The van der Waals surface area contributed by atoms with Gasteiger partial charge in [0, 0.05) is 12.4 Å². The third kappa shape index (κ3) is 2.08. The zero-order valence-electron chi connectivity index (χ0n) is 6.62. The van der Waals surface area contributed by atoms with Crippen molar-refractivity contribution in [1.29, 1.82) is 5.41 Å². The molecule has 0 saturated carbocycles. The Kier molecular flexibility index (Phi) is 2.66. The summed E-state index contributed by atoms with van der Waals surface area (Å²) < 4.78 is 0. The zero-order chi connectivity index (χ0) is 8.10. The Labute approximate surface area is 67.0 Å². The molecule has 58 valence electrons. The molecule has 1 N–H and O–H groups in total. The second-order valence-electron chi connectivity index (χ2n) is 2.30. The van der Waals surface area contributed by atoms with E-state index < -0.39 is 0 Å². The minimum absolute atomic E-state index is 0.511. The highest BCUT2D eigenvalue weighted by Gasteiger charge is 1.99. The third-order valence-electron chi connectivity index (χ3n) is 1.40. The van der Waals surface area contributed by atoms with E-state index in [1.807, 2.05) is 37.6 Å². The summed E-state index contributed by atoms with van der Waals surface area (Å²) in [4.78, 5) is 1.78. The highest BCUT2D eigenvalue weighted by Crippen LogP contribution is 2.02. The van der Waals surface area contributed by atoms with Crippen molar-refractivity contribution in [3.05, 3.63) is 36.7 Å². The molecule has 0 aliphatic carbocycles. The second kappa shape index (κ2) is 3.76. The van der Waals surface area contributed by atoms with Gasteiger partial charge in [-0.15, -0.1) is 0 Å². The lowest BCUT2D eigenvalue weighted by atomic mass is 10.4. The van der Waals surface area contributed by atoms with E-state index in [-0.39, 0.29) is 0 Å². The summed E-state index contributed by atoms with van der Waals surface area (Å²) in [5, 5.41) is 7.53. The predicted molar refractivity (Wildman–Crippen MR) is 47.3 cm³/mol. The molecule has 0 unspecified atom stereocenters. The van der Waals surface area contributed by atoms with Gasteiger partial charge in [-0.25, -0.2) is 0 Å². The van der Waals surface area contributed by atoms with E-state index in [1.54, 1.807) is 11.0 Å². The van der Waals surface area contributed by atoms with Crippen LogP contribution in [0.5, 0.6) is 0 Å². The van der Waals surface area contributed by atoms with Gasteiger partial charge in [-0.2, -0.15) is 0 Å². The molecule has 0 aromatic rings. The van der Waals surface area contributed by atoms with Crippen molar-refractivity contribution in [2.24, 2.45) is 0 Å². The molecule has 0 atom stereocenters. The first-order valence-electron chi connectivity index (χ1n) is 3.67. The average molecular weight is 148 g/mol. The average Bonchev–Trinajstić information content (AvgIpc) is 2.18. The Morgan fingerprint density at radius 3 is 3.09 bits per heavy atom. The maximum absolute atomic E-state index is 7.53. The first-order valence-corrected chi connectivity index (χ1v) is 3.67.